The predicted molar refractivity (Wildman–Crippen MR) is 78.2 cm³/mol. The molecule has 1 saturated heterocycles. The lowest BCUT2D eigenvalue weighted by molar-refractivity contribution is 0.0729. The summed E-state index contributed by atoms with van der Waals surface area (Å²) in [5.74, 6) is 0.0444. The van der Waals surface area contributed by atoms with Gasteiger partial charge in [0.25, 0.3) is 12.3 Å². The van der Waals surface area contributed by atoms with Crippen LogP contribution in [0.15, 0.2) is 17.2 Å². The van der Waals surface area contributed by atoms with Gasteiger partial charge in [0, 0.05) is 19.5 Å². The molecule has 1 atom stereocenters. The Bertz CT molecular complexity index is 552. The minimum absolute atomic E-state index is 0.0444. The van der Waals surface area contributed by atoms with Crippen molar-refractivity contribution in [3.8, 4) is 0 Å². The van der Waals surface area contributed by atoms with Crippen molar-refractivity contribution >= 4 is 23.0 Å². The molecule has 0 spiro atoms. The van der Waals surface area contributed by atoms with Gasteiger partial charge in [-0.1, -0.05) is 0 Å². The molecular weight excluding hydrogens is 296 g/mol. The third kappa shape index (κ3) is 3.07. The van der Waals surface area contributed by atoms with Crippen molar-refractivity contribution in [3.05, 3.63) is 21.9 Å². The van der Waals surface area contributed by atoms with E-state index in [4.69, 9.17) is 0 Å². The quantitative estimate of drug-likeness (QED) is 0.932. The number of thiophene rings is 1. The molecule has 114 valence electrons. The molecule has 1 unspecified atom stereocenters. The number of halogens is 2. The maximum atomic E-state index is 12.6. The first-order chi connectivity index (χ1) is 10.1. The maximum absolute atomic E-state index is 12.6. The number of amides is 1. The number of nitrogens with one attached hydrogen (secondary N) is 1. The smallest absolute Gasteiger partial charge is 0.263 e. The summed E-state index contributed by atoms with van der Waals surface area (Å²) in [6, 6.07) is 2.66. The topological polar surface area (TPSA) is 44.7 Å². The Labute approximate surface area is 125 Å². The fraction of sp³-hybridized carbons (Fsp3) is 0.571. The van der Waals surface area contributed by atoms with Crippen molar-refractivity contribution in [1.29, 1.82) is 0 Å². The third-order valence-electron chi connectivity index (χ3n) is 3.83. The summed E-state index contributed by atoms with van der Waals surface area (Å²) in [7, 11) is 0. The predicted octanol–water partition coefficient (Wildman–Crippen LogP) is 2.71. The summed E-state index contributed by atoms with van der Waals surface area (Å²) in [4.78, 5) is 15.7. The summed E-state index contributed by atoms with van der Waals surface area (Å²) < 4.78 is 25.2. The van der Waals surface area contributed by atoms with Gasteiger partial charge in [0.2, 0.25) is 0 Å². The highest BCUT2D eigenvalue weighted by atomic mass is 32.1. The van der Waals surface area contributed by atoms with Crippen molar-refractivity contribution in [2.24, 2.45) is 5.10 Å². The zero-order valence-electron chi connectivity index (χ0n) is 11.5. The molecule has 21 heavy (non-hydrogen) atoms. The molecule has 3 rings (SSSR count). The number of nitrogens with zero attached hydrogens (tertiary/aromatic N) is 2. The number of hydrazone groups is 1. The van der Waals surface area contributed by atoms with Crippen LogP contribution in [0.5, 0.6) is 0 Å². The molecule has 2 aliphatic rings. The van der Waals surface area contributed by atoms with Gasteiger partial charge in [-0.15, -0.1) is 11.3 Å². The summed E-state index contributed by atoms with van der Waals surface area (Å²) in [5.41, 5.74) is 3.07. The highest BCUT2D eigenvalue weighted by Gasteiger charge is 2.28. The largest absolute Gasteiger partial charge is 0.338 e. The van der Waals surface area contributed by atoms with Crippen LogP contribution in [0.3, 0.4) is 0 Å². The summed E-state index contributed by atoms with van der Waals surface area (Å²) in [6.07, 6.45) is 1.06. The molecule has 1 aromatic heterocycles. The van der Waals surface area contributed by atoms with Crippen LogP contribution in [0.1, 0.15) is 40.2 Å². The Morgan fingerprint density at radius 3 is 2.76 bits per heavy atom. The molecule has 3 heterocycles. The molecule has 0 saturated carbocycles. The van der Waals surface area contributed by atoms with Crippen LogP contribution in [0.4, 0.5) is 8.78 Å². The molecule has 1 amide bonds. The molecule has 2 aliphatic heterocycles. The first-order valence-corrected chi connectivity index (χ1v) is 7.96. The molecule has 0 bridgehead atoms. The van der Waals surface area contributed by atoms with Crippen LogP contribution in [-0.2, 0) is 0 Å². The van der Waals surface area contributed by atoms with E-state index in [1.54, 1.807) is 12.1 Å². The normalized spacial score (nSPS) is 22.3. The molecule has 0 aliphatic carbocycles. The van der Waals surface area contributed by atoms with Gasteiger partial charge in [-0.25, -0.2) is 8.78 Å². The van der Waals surface area contributed by atoms with Crippen LogP contribution in [0.2, 0.25) is 0 Å². The lowest BCUT2D eigenvalue weighted by atomic mass is 10.1. The van der Waals surface area contributed by atoms with Crippen molar-refractivity contribution in [2.75, 3.05) is 13.1 Å². The molecule has 1 fully saturated rings. The molecule has 4 nitrogen and oxygen atoms in total. The minimum Gasteiger partial charge on any atom is -0.338 e. The Kier molecular flexibility index (Phi) is 4.19. The first-order valence-electron chi connectivity index (χ1n) is 7.15. The zero-order valence-corrected chi connectivity index (χ0v) is 12.3. The van der Waals surface area contributed by atoms with E-state index >= 15 is 0 Å². The number of rotatable bonds is 3. The number of piperidine rings is 1. The molecular formula is C14H17F2N3OS. The van der Waals surface area contributed by atoms with E-state index in [9.17, 15) is 13.6 Å². The molecule has 1 aromatic rings. The average Bonchev–Trinajstić information content (AvgIpc) is 3.16. The van der Waals surface area contributed by atoms with Crippen molar-refractivity contribution in [3.63, 3.8) is 0 Å². The molecule has 1 N–H and O–H groups in total. The van der Waals surface area contributed by atoms with E-state index in [0.717, 1.165) is 30.8 Å². The maximum Gasteiger partial charge on any atom is 0.263 e. The fourth-order valence-electron chi connectivity index (χ4n) is 2.62. The van der Waals surface area contributed by atoms with Gasteiger partial charge in [0.1, 0.15) is 6.04 Å². The van der Waals surface area contributed by atoms with Gasteiger partial charge in [-0.05, 0) is 31.4 Å². The van der Waals surface area contributed by atoms with Gasteiger partial charge in [-0.3, -0.25) is 4.79 Å². The zero-order chi connectivity index (χ0) is 14.8. The number of hydrogen-bond acceptors (Lipinski definition) is 4. The van der Waals surface area contributed by atoms with Crippen LogP contribution in [0, 0.1) is 0 Å². The van der Waals surface area contributed by atoms with Crippen LogP contribution in [-0.4, -0.2) is 42.1 Å². The van der Waals surface area contributed by atoms with E-state index in [1.165, 1.54) is 17.8 Å². The van der Waals surface area contributed by atoms with Gasteiger partial charge >= 0.3 is 0 Å². The highest BCUT2D eigenvalue weighted by molar-refractivity contribution is 7.16. The monoisotopic (exact) mass is 313 g/mol. The summed E-state index contributed by atoms with van der Waals surface area (Å²) in [6.45, 7) is 1.62. The highest BCUT2D eigenvalue weighted by Crippen LogP contribution is 2.25. The Balaban J connectivity index is 1.68. The van der Waals surface area contributed by atoms with Gasteiger partial charge < -0.3 is 10.3 Å². The standard InChI is InChI=1S/C14H17F2N3OS/c15-13(16)10-8-9(17-18-10)11-4-5-12(21-11)14(20)19-6-2-1-3-7-19/h4-5,10,13,18H,1-3,6-8H2. The van der Waals surface area contributed by atoms with E-state index in [0.29, 0.717) is 10.6 Å². The van der Waals surface area contributed by atoms with Crippen LogP contribution < -0.4 is 5.43 Å². The van der Waals surface area contributed by atoms with Crippen LogP contribution >= 0.6 is 11.3 Å². The second-order valence-corrected chi connectivity index (χ2v) is 6.43. The Hall–Kier alpha value is -1.50. The second kappa shape index (κ2) is 6.09. The third-order valence-corrected chi connectivity index (χ3v) is 4.95. The number of likely N-dealkylation sites (tertiary alicyclic amines) is 1. The van der Waals surface area contributed by atoms with Gasteiger partial charge in [-0.2, -0.15) is 5.10 Å². The molecule has 0 aromatic carbocycles. The molecule has 0 radical (unpaired) electrons. The first kappa shape index (κ1) is 14.4. The fourth-order valence-corrected chi connectivity index (χ4v) is 3.59. The number of carbonyl (C=O) groups excluding carboxylic acids is 1. The summed E-state index contributed by atoms with van der Waals surface area (Å²) >= 11 is 1.34. The van der Waals surface area contributed by atoms with E-state index < -0.39 is 12.5 Å². The van der Waals surface area contributed by atoms with E-state index in [2.05, 4.69) is 10.5 Å². The number of alkyl halides is 2. The Morgan fingerprint density at radius 1 is 1.33 bits per heavy atom. The van der Waals surface area contributed by atoms with E-state index in [-0.39, 0.29) is 12.3 Å². The second-order valence-electron chi connectivity index (χ2n) is 5.35. The lowest BCUT2D eigenvalue weighted by Crippen LogP contribution is -2.35. The van der Waals surface area contributed by atoms with Gasteiger partial charge in [0.15, 0.2) is 0 Å². The van der Waals surface area contributed by atoms with E-state index in [1.807, 2.05) is 4.90 Å². The van der Waals surface area contributed by atoms with Gasteiger partial charge in [0.05, 0.1) is 15.5 Å². The van der Waals surface area contributed by atoms with Crippen molar-refractivity contribution < 1.29 is 13.6 Å². The lowest BCUT2D eigenvalue weighted by Gasteiger charge is -2.26. The molecule has 7 heteroatoms. The Morgan fingerprint density at radius 2 is 2.10 bits per heavy atom. The SMILES string of the molecule is O=C(c1ccc(C2=NNC(C(F)F)C2)s1)N1CCCCC1. The van der Waals surface area contributed by atoms with Crippen molar-refractivity contribution in [1.82, 2.24) is 10.3 Å². The minimum atomic E-state index is -2.43. The number of carbonyl (C=O) groups is 1. The van der Waals surface area contributed by atoms with Crippen molar-refractivity contribution in [2.45, 2.75) is 38.2 Å². The number of hydrogen-bond donors (Lipinski definition) is 1. The van der Waals surface area contributed by atoms with Crippen LogP contribution in [0.25, 0.3) is 0 Å². The average molecular weight is 313 g/mol. The summed E-state index contributed by atoms with van der Waals surface area (Å²) in [5, 5.41) is 3.97.